The molecule has 5 heteroatoms. The van der Waals surface area contributed by atoms with E-state index in [0.29, 0.717) is 16.8 Å². The van der Waals surface area contributed by atoms with Gasteiger partial charge in [-0.25, -0.2) is 4.79 Å². The Morgan fingerprint density at radius 2 is 2.43 bits per heavy atom. The highest BCUT2D eigenvalue weighted by molar-refractivity contribution is 7.99. The van der Waals surface area contributed by atoms with E-state index in [9.17, 15) is 4.79 Å². The van der Waals surface area contributed by atoms with Gasteiger partial charge in [-0.1, -0.05) is 18.5 Å². The van der Waals surface area contributed by atoms with Gasteiger partial charge in [0.1, 0.15) is 5.69 Å². The van der Waals surface area contributed by atoms with E-state index in [0.717, 1.165) is 0 Å². The lowest BCUT2D eigenvalue weighted by molar-refractivity contribution is 0.0685. The molecule has 1 aromatic heterocycles. The summed E-state index contributed by atoms with van der Waals surface area (Å²) in [6.07, 6.45) is 3.65. The first-order chi connectivity index (χ1) is 6.54. The van der Waals surface area contributed by atoms with Crippen molar-refractivity contribution in [3.05, 3.63) is 23.0 Å². The normalized spacial score (nSPS) is 12.8. The lowest BCUT2D eigenvalue weighted by Crippen LogP contribution is -2.13. The number of carboxylic acid groups (broad SMARTS) is 1. The van der Waals surface area contributed by atoms with Gasteiger partial charge in [-0.3, -0.25) is 0 Å². The summed E-state index contributed by atoms with van der Waals surface area (Å²) in [6, 6.07) is 1.47. The van der Waals surface area contributed by atoms with Crippen LogP contribution in [0.1, 0.15) is 17.4 Å². The molecule has 0 bridgehead atoms. The summed E-state index contributed by atoms with van der Waals surface area (Å²) in [5.74, 6) is -0.940. The zero-order chi connectivity index (χ0) is 10.7. The Bertz CT molecular complexity index is 338. The molecule has 1 atom stereocenters. The molecule has 0 aliphatic heterocycles. The molecule has 0 radical (unpaired) electrons. The second kappa shape index (κ2) is 4.75. The van der Waals surface area contributed by atoms with Crippen molar-refractivity contribution in [2.24, 2.45) is 0 Å². The van der Waals surface area contributed by atoms with Crippen LogP contribution in [-0.2, 0) is 6.54 Å². The third-order valence-corrected chi connectivity index (χ3v) is 3.10. The topological polar surface area (TPSA) is 42.2 Å². The number of aromatic carboxylic acids is 1. The number of hydrogen-bond acceptors (Lipinski definition) is 2. The number of aromatic nitrogens is 1. The maximum atomic E-state index is 10.8. The van der Waals surface area contributed by atoms with Gasteiger partial charge >= 0.3 is 5.97 Å². The van der Waals surface area contributed by atoms with E-state index in [1.54, 1.807) is 22.5 Å². The first-order valence-electron chi connectivity index (χ1n) is 4.16. The maximum Gasteiger partial charge on any atom is 0.352 e. The molecule has 78 valence electrons. The molecule has 0 aliphatic rings. The Balaban J connectivity index is 2.89. The molecule has 0 aliphatic carbocycles. The molecule has 0 fully saturated rings. The number of carboxylic acids is 1. The summed E-state index contributed by atoms with van der Waals surface area (Å²) < 4.78 is 1.67. The zero-order valence-electron chi connectivity index (χ0n) is 8.03. The van der Waals surface area contributed by atoms with E-state index in [1.807, 2.05) is 13.2 Å². The molecular formula is C9H12ClNO2S. The van der Waals surface area contributed by atoms with Gasteiger partial charge in [0.05, 0.1) is 5.02 Å². The van der Waals surface area contributed by atoms with Crippen LogP contribution in [0.25, 0.3) is 0 Å². The highest BCUT2D eigenvalue weighted by Gasteiger charge is 2.13. The molecule has 1 heterocycles. The summed E-state index contributed by atoms with van der Waals surface area (Å²) >= 11 is 7.44. The zero-order valence-corrected chi connectivity index (χ0v) is 9.60. The molecule has 1 unspecified atom stereocenters. The fourth-order valence-electron chi connectivity index (χ4n) is 1.16. The number of thioether (sulfide) groups is 1. The highest BCUT2D eigenvalue weighted by atomic mass is 35.5. The average molecular weight is 234 g/mol. The monoisotopic (exact) mass is 233 g/mol. The number of rotatable bonds is 4. The molecule has 0 spiro atoms. The molecule has 14 heavy (non-hydrogen) atoms. The fraction of sp³-hybridized carbons (Fsp3) is 0.444. The van der Waals surface area contributed by atoms with Gasteiger partial charge in [-0.05, 0) is 12.3 Å². The predicted molar refractivity (Wildman–Crippen MR) is 59.4 cm³/mol. The summed E-state index contributed by atoms with van der Waals surface area (Å²) in [4.78, 5) is 10.8. The van der Waals surface area contributed by atoms with Crippen LogP contribution in [0.3, 0.4) is 0 Å². The summed E-state index contributed by atoms with van der Waals surface area (Å²) in [6.45, 7) is 2.71. The van der Waals surface area contributed by atoms with E-state index in [2.05, 4.69) is 0 Å². The van der Waals surface area contributed by atoms with Crippen LogP contribution in [0.15, 0.2) is 12.3 Å². The molecule has 3 nitrogen and oxygen atoms in total. The number of nitrogens with zero attached hydrogens (tertiary/aromatic N) is 1. The van der Waals surface area contributed by atoms with Gasteiger partial charge in [-0.2, -0.15) is 11.8 Å². The molecule has 0 amide bonds. The van der Waals surface area contributed by atoms with Crippen molar-refractivity contribution >= 4 is 29.3 Å². The second-order valence-electron chi connectivity index (χ2n) is 3.05. The SMILES string of the molecule is CSC(C)Cn1cc(Cl)cc1C(=O)O. The van der Waals surface area contributed by atoms with Crippen LogP contribution in [0.2, 0.25) is 5.02 Å². The van der Waals surface area contributed by atoms with Crippen LogP contribution in [0.4, 0.5) is 0 Å². The molecule has 0 saturated heterocycles. The third-order valence-electron chi connectivity index (χ3n) is 1.94. The summed E-state index contributed by atoms with van der Waals surface area (Å²) in [5, 5.41) is 9.72. The minimum atomic E-state index is -0.940. The van der Waals surface area contributed by atoms with Crippen molar-refractivity contribution in [2.45, 2.75) is 18.7 Å². The number of carbonyl (C=O) groups is 1. The van der Waals surface area contributed by atoms with Gasteiger partial charge in [0.25, 0.3) is 0 Å². The van der Waals surface area contributed by atoms with Crippen LogP contribution in [0.5, 0.6) is 0 Å². The van der Waals surface area contributed by atoms with Crippen LogP contribution in [0, 0.1) is 0 Å². The Hall–Kier alpha value is -0.610. The van der Waals surface area contributed by atoms with Crippen LogP contribution in [-0.4, -0.2) is 27.1 Å². The molecule has 1 N–H and O–H groups in total. The Kier molecular flexibility index (Phi) is 3.89. The predicted octanol–water partition coefficient (Wildman–Crippen LogP) is 2.59. The third kappa shape index (κ3) is 2.69. The van der Waals surface area contributed by atoms with Gasteiger partial charge < -0.3 is 9.67 Å². The van der Waals surface area contributed by atoms with Gasteiger partial charge in [-0.15, -0.1) is 0 Å². The van der Waals surface area contributed by atoms with E-state index in [1.165, 1.54) is 6.07 Å². The van der Waals surface area contributed by atoms with Gasteiger partial charge in [0, 0.05) is 18.0 Å². The first kappa shape index (κ1) is 11.5. The van der Waals surface area contributed by atoms with E-state index < -0.39 is 5.97 Å². The molecule has 1 aromatic rings. The quantitative estimate of drug-likeness (QED) is 0.869. The largest absolute Gasteiger partial charge is 0.477 e. The maximum absolute atomic E-state index is 10.8. The van der Waals surface area contributed by atoms with Crippen LogP contribution >= 0.6 is 23.4 Å². The second-order valence-corrected chi connectivity index (χ2v) is 4.76. The summed E-state index contributed by atoms with van der Waals surface area (Å²) in [5.41, 5.74) is 0.246. The first-order valence-corrected chi connectivity index (χ1v) is 5.83. The lowest BCUT2D eigenvalue weighted by Gasteiger charge is -2.10. The minimum Gasteiger partial charge on any atom is -0.477 e. The van der Waals surface area contributed by atoms with Crippen molar-refractivity contribution in [1.82, 2.24) is 4.57 Å². The summed E-state index contributed by atoms with van der Waals surface area (Å²) in [7, 11) is 0. The van der Waals surface area contributed by atoms with Crippen molar-refractivity contribution in [2.75, 3.05) is 6.26 Å². The van der Waals surface area contributed by atoms with E-state index in [4.69, 9.17) is 16.7 Å². The Labute approximate surface area is 92.1 Å². The van der Waals surface area contributed by atoms with E-state index >= 15 is 0 Å². The van der Waals surface area contributed by atoms with Gasteiger partial charge in [0.2, 0.25) is 0 Å². The smallest absolute Gasteiger partial charge is 0.352 e. The van der Waals surface area contributed by atoms with Crippen LogP contribution < -0.4 is 0 Å². The van der Waals surface area contributed by atoms with Gasteiger partial charge in [0.15, 0.2) is 0 Å². The van der Waals surface area contributed by atoms with Crippen molar-refractivity contribution < 1.29 is 9.90 Å². The molecule has 0 aromatic carbocycles. The number of hydrogen-bond donors (Lipinski definition) is 1. The molecule has 0 saturated carbocycles. The average Bonchev–Trinajstić information content (AvgIpc) is 2.46. The highest BCUT2D eigenvalue weighted by Crippen LogP contribution is 2.17. The van der Waals surface area contributed by atoms with Crippen molar-refractivity contribution in [3.63, 3.8) is 0 Å². The molecule has 1 rings (SSSR count). The Morgan fingerprint density at radius 1 is 1.79 bits per heavy atom. The van der Waals surface area contributed by atoms with E-state index in [-0.39, 0.29) is 5.69 Å². The molecular weight excluding hydrogens is 222 g/mol. The minimum absolute atomic E-state index is 0.246. The Morgan fingerprint density at radius 3 is 2.93 bits per heavy atom. The van der Waals surface area contributed by atoms with Crippen molar-refractivity contribution in [3.8, 4) is 0 Å². The number of halogens is 1. The lowest BCUT2D eigenvalue weighted by atomic mass is 10.4. The fourth-order valence-corrected chi connectivity index (χ4v) is 1.69. The van der Waals surface area contributed by atoms with Crippen molar-refractivity contribution in [1.29, 1.82) is 0 Å². The standard InChI is InChI=1S/C9H12ClNO2S/c1-6(14-2)4-11-5-7(10)3-8(11)9(12)13/h3,5-6H,4H2,1-2H3,(H,12,13).